The van der Waals surface area contributed by atoms with Gasteiger partial charge in [-0.05, 0) is 32.1 Å². The highest BCUT2D eigenvalue weighted by atomic mass is 19.1. The summed E-state index contributed by atoms with van der Waals surface area (Å²) >= 11 is 0. The van der Waals surface area contributed by atoms with Crippen LogP contribution in [0, 0.1) is 11.2 Å². The molecule has 0 spiro atoms. The van der Waals surface area contributed by atoms with Gasteiger partial charge in [-0.25, -0.2) is 4.39 Å². The van der Waals surface area contributed by atoms with Crippen molar-refractivity contribution in [1.82, 2.24) is 0 Å². The molecular weight excluding hydrogens is 271 g/mol. The second kappa shape index (κ2) is 7.50. The SMILES string of the molecule is CC(C)Oc1cc(NCC(C)(C)CCCO)c(N)cc1F. The third-order valence-corrected chi connectivity index (χ3v) is 3.24. The van der Waals surface area contributed by atoms with Crippen LogP contribution in [-0.4, -0.2) is 24.4 Å². The van der Waals surface area contributed by atoms with Gasteiger partial charge in [0.2, 0.25) is 0 Å². The molecule has 4 nitrogen and oxygen atoms in total. The lowest BCUT2D eigenvalue weighted by atomic mass is 9.88. The van der Waals surface area contributed by atoms with E-state index in [2.05, 4.69) is 19.2 Å². The Morgan fingerprint density at radius 1 is 1.38 bits per heavy atom. The van der Waals surface area contributed by atoms with Crippen molar-refractivity contribution in [3.63, 3.8) is 0 Å². The molecule has 0 aliphatic heterocycles. The van der Waals surface area contributed by atoms with E-state index in [9.17, 15) is 4.39 Å². The van der Waals surface area contributed by atoms with Gasteiger partial charge in [-0.3, -0.25) is 0 Å². The summed E-state index contributed by atoms with van der Waals surface area (Å²) in [4.78, 5) is 0. The first-order valence-electron chi connectivity index (χ1n) is 7.35. The molecule has 0 atom stereocenters. The highest BCUT2D eigenvalue weighted by Gasteiger charge is 2.18. The molecule has 1 aromatic rings. The van der Waals surface area contributed by atoms with Crippen LogP contribution in [0.5, 0.6) is 5.75 Å². The Kier molecular flexibility index (Phi) is 6.27. The van der Waals surface area contributed by atoms with Gasteiger partial charge in [-0.2, -0.15) is 0 Å². The van der Waals surface area contributed by atoms with E-state index in [1.165, 1.54) is 6.07 Å². The first-order chi connectivity index (χ1) is 9.75. The number of nitrogens with two attached hydrogens (primary N) is 1. The second-order valence-corrected chi connectivity index (χ2v) is 6.38. The molecule has 120 valence electrons. The Balaban J connectivity index is 2.78. The predicted octanol–water partition coefficient (Wildman–Crippen LogP) is 3.41. The standard InChI is InChI=1S/C16H27FN2O2/c1-11(2)21-15-9-14(13(18)8-12(15)17)19-10-16(3,4)6-5-7-20/h8-9,11,19-20H,5-7,10,18H2,1-4H3. The maximum atomic E-state index is 13.8. The third kappa shape index (κ3) is 5.79. The fraction of sp³-hybridized carbons (Fsp3) is 0.625. The van der Waals surface area contributed by atoms with Crippen molar-refractivity contribution in [2.24, 2.45) is 5.41 Å². The van der Waals surface area contributed by atoms with Crippen molar-refractivity contribution in [3.8, 4) is 5.75 Å². The zero-order valence-corrected chi connectivity index (χ0v) is 13.4. The molecule has 0 aromatic heterocycles. The molecule has 0 saturated heterocycles. The molecule has 0 unspecified atom stereocenters. The number of nitrogens with one attached hydrogen (secondary N) is 1. The van der Waals surface area contributed by atoms with E-state index in [0.717, 1.165) is 12.8 Å². The molecule has 0 aliphatic rings. The molecule has 1 aromatic carbocycles. The third-order valence-electron chi connectivity index (χ3n) is 3.24. The van der Waals surface area contributed by atoms with Gasteiger partial charge in [-0.15, -0.1) is 0 Å². The number of benzene rings is 1. The minimum atomic E-state index is -0.453. The van der Waals surface area contributed by atoms with Crippen molar-refractivity contribution in [1.29, 1.82) is 0 Å². The number of anilines is 2. The van der Waals surface area contributed by atoms with Crippen molar-refractivity contribution < 1.29 is 14.2 Å². The van der Waals surface area contributed by atoms with E-state index in [1.54, 1.807) is 6.07 Å². The predicted molar refractivity (Wildman–Crippen MR) is 85.2 cm³/mol. The van der Waals surface area contributed by atoms with Crippen LogP contribution in [0.1, 0.15) is 40.5 Å². The van der Waals surface area contributed by atoms with Crippen molar-refractivity contribution in [3.05, 3.63) is 17.9 Å². The van der Waals surface area contributed by atoms with E-state index >= 15 is 0 Å². The lowest BCUT2D eigenvalue weighted by Gasteiger charge is -2.26. The van der Waals surface area contributed by atoms with E-state index in [0.29, 0.717) is 17.9 Å². The Labute approximate surface area is 126 Å². The molecule has 1 rings (SSSR count). The van der Waals surface area contributed by atoms with Crippen LogP contribution in [0.3, 0.4) is 0 Å². The minimum absolute atomic E-state index is 0.0165. The van der Waals surface area contributed by atoms with Gasteiger partial charge in [0.25, 0.3) is 0 Å². The summed E-state index contributed by atoms with van der Waals surface area (Å²) in [5, 5.41) is 12.2. The van der Waals surface area contributed by atoms with E-state index in [4.69, 9.17) is 15.6 Å². The van der Waals surface area contributed by atoms with Gasteiger partial charge in [0.1, 0.15) is 0 Å². The van der Waals surface area contributed by atoms with Crippen LogP contribution in [0.15, 0.2) is 12.1 Å². The minimum Gasteiger partial charge on any atom is -0.488 e. The molecule has 0 heterocycles. The zero-order valence-electron chi connectivity index (χ0n) is 13.4. The number of hydrogen-bond donors (Lipinski definition) is 3. The second-order valence-electron chi connectivity index (χ2n) is 6.38. The molecular formula is C16H27FN2O2. The number of nitrogen functional groups attached to an aromatic ring is 1. The van der Waals surface area contributed by atoms with E-state index in [1.807, 2.05) is 13.8 Å². The monoisotopic (exact) mass is 298 g/mol. The number of aliphatic hydroxyl groups is 1. The lowest BCUT2D eigenvalue weighted by molar-refractivity contribution is 0.231. The van der Waals surface area contributed by atoms with Crippen LogP contribution in [0.2, 0.25) is 0 Å². The Hall–Kier alpha value is -1.49. The molecule has 0 amide bonds. The summed E-state index contributed by atoms with van der Waals surface area (Å²) in [6, 6.07) is 2.88. The normalized spacial score (nSPS) is 11.8. The number of halogens is 1. The van der Waals surface area contributed by atoms with Gasteiger partial charge >= 0.3 is 0 Å². The number of rotatable bonds is 8. The molecule has 0 bridgehead atoms. The Bertz CT molecular complexity index is 462. The summed E-state index contributed by atoms with van der Waals surface area (Å²) in [5.74, 6) is -0.249. The van der Waals surface area contributed by atoms with Crippen LogP contribution in [0.25, 0.3) is 0 Å². The summed E-state index contributed by atoms with van der Waals surface area (Å²) < 4.78 is 19.2. The van der Waals surface area contributed by atoms with E-state index < -0.39 is 5.82 Å². The average molecular weight is 298 g/mol. The fourth-order valence-electron chi connectivity index (χ4n) is 2.05. The van der Waals surface area contributed by atoms with Crippen LogP contribution < -0.4 is 15.8 Å². The van der Waals surface area contributed by atoms with Gasteiger partial charge < -0.3 is 20.9 Å². The first-order valence-corrected chi connectivity index (χ1v) is 7.35. The van der Waals surface area contributed by atoms with Crippen LogP contribution in [0.4, 0.5) is 15.8 Å². The van der Waals surface area contributed by atoms with Gasteiger partial charge in [0.15, 0.2) is 11.6 Å². The van der Waals surface area contributed by atoms with Gasteiger partial charge in [0.05, 0.1) is 17.5 Å². The van der Waals surface area contributed by atoms with Crippen molar-refractivity contribution >= 4 is 11.4 Å². The summed E-state index contributed by atoms with van der Waals surface area (Å²) in [6.45, 7) is 8.79. The van der Waals surface area contributed by atoms with Crippen molar-refractivity contribution in [2.45, 2.75) is 46.6 Å². The van der Waals surface area contributed by atoms with Crippen molar-refractivity contribution in [2.75, 3.05) is 24.2 Å². The van der Waals surface area contributed by atoms with Gasteiger partial charge in [0, 0.05) is 25.3 Å². The summed E-state index contributed by atoms with van der Waals surface area (Å²) in [5.41, 5.74) is 6.90. The number of ether oxygens (including phenoxy) is 1. The largest absolute Gasteiger partial charge is 0.488 e. The number of hydrogen-bond acceptors (Lipinski definition) is 4. The van der Waals surface area contributed by atoms with E-state index in [-0.39, 0.29) is 23.9 Å². The molecule has 21 heavy (non-hydrogen) atoms. The first kappa shape index (κ1) is 17.6. The highest BCUT2D eigenvalue weighted by molar-refractivity contribution is 5.68. The average Bonchev–Trinajstić information content (AvgIpc) is 2.38. The maximum Gasteiger partial charge on any atom is 0.167 e. The fourth-order valence-corrected chi connectivity index (χ4v) is 2.05. The molecule has 4 N–H and O–H groups in total. The number of aliphatic hydroxyl groups excluding tert-OH is 1. The Morgan fingerprint density at radius 2 is 2.05 bits per heavy atom. The summed E-state index contributed by atoms with van der Waals surface area (Å²) in [7, 11) is 0. The summed E-state index contributed by atoms with van der Waals surface area (Å²) in [6.07, 6.45) is 1.55. The van der Waals surface area contributed by atoms with Gasteiger partial charge in [-0.1, -0.05) is 13.8 Å². The zero-order chi connectivity index (χ0) is 16.0. The molecule has 0 fully saturated rings. The molecule has 0 aliphatic carbocycles. The molecule has 0 saturated carbocycles. The van der Waals surface area contributed by atoms with Crippen LogP contribution >= 0.6 is 0 Å². The maximum absolute atomic E-state index is 13.8. The smallest absolute Gasteiger partial charge is 0.167 e. The molecule has 5 heteroatoms. The lowest BCUT2D eigenvalue weighted by Crippen LogP contribution is -2.24. The highest BCUT2D eigenvalue weighted by Crippen LogP contribution is 2.30. The molecule has 0 radical (unpaired) electrons. The topological polar surface area (TPSA) is 67.5 Å². The Morgan fingerprint density at radius 3 is 2.62 bits per heavy atom. The van der Waals surface area contributed by atoms with Crippen LogP contribution in [-0.2, 0) is 0 Å². The quantitative estimate of drug-likeness (QED) is 0.643.